The van der Waals surface area contributed by atoms with Gasteiger partial charge in [-0.25, -0.2) is 9.79 Å². The Morgan fingerprint density at radius 1 is 1.65 bits per heavy atom. The lowest BCUT2D eigenvalue weighted by molar-refractivity contribution is -0.140. The summed E-state index contributed by atoms with van der Waals surface area (Å²) < 4.78 is 5.80. The van der Waals surface area contributed by atoms with Crippen molar-refractivity contribution in [3.05, 3.63) is 33.7 Å². The molecule has 0 aliphatic carbocycles. The van der Waals surface area contributed by atoms with Crippen LogP contribution in [0.4, 0.5) is 0 Å². The van der Waals surface area contributed by atoms with Gasteiger partial charge in [0.15, 0.2) is 6.23 Å². The average Bonchev–Trinajstić information content (AvgIpc) is 2.30. The maximum Gasteiger partial charge on any atom is 0.340 e. The monoisotopic (exact) mass is 346 g/mol. The molecule has 2 rings (SSSR count). The number of nitrogens with zero attached hydrogens (tertiary/aromatic N) is 2. The minimum absolute atomic E-state index is 0.145. The summed E-state index contributed by atoms with van der Waals surface area (Å²) in [6.45, 7) is 1.99. The third-order valence-electron chi connectivity index (χ3n) is 2.31. The number of hydrogen-bond donors (Lipinski definition) is 1. The second kappa shape index (κ2) is 5.01. The number of carbonyl (C=O) groups excluding carboxylic acids is 1. The van der Waals surface area contributed by atoms with Gasteiger partial charge >= 0.3 is 5.97 Å². The van der Waals surface area contributed by atoms with E-state index in [1.54, 1.807) is 19.2 Å². The van der Waals surface area contributed by atoms with Crippen molar-refractivity contribution < 1.29 is 14.6 Å². The van der Waals surface area contributed by atoms with Crippen LogP contribution in [-0.2, 0) is 9.53 Å². The predicted molar refractivity (Wildman–Crippen MR) is 71.2 cm³/mol. The number of fused-ring (bicyclic) bond motifs is 1. The third kappa shape index (κ3) is 2.42. The van der Waals surface area contributed by atoms with Crippen LogP contribution in [-0.4, -0.2) is 34.6 Å². The van der Waals surface area contributed by atoms with Crippen molar-refractivity contribution in [3.8, 4) is 0 Å². The Kier molecular flexibility index (Phi) is 3.63. The topological polar surface area (TPSA) is 62.1 Å². The first-order chi connectivity index (χ1) is 8.13. The minimum Gasteiger partial charge on any atom is -0.462 e. The number of halogens is 1. The van der Waals surface area contributed by atoms with Gasteiger partial charge in [-0.3, -0.25) is 0 Å². The van der Waals surface area contributed by atoms with Crippen LogP contribution in [0.15, 0.2) is 38.7 Å². The summed E-state index contributed by atoms with van der Waals surface area (Å²) >= 11 is 2.13. The van der Waals surface area contributed by atoms with Gasteiger partial charge in [0, 0.05) is 16.0 Å². The van der Waals surface area contributed by atoms with E-state index in [-0.39, 0.29) is 12.2 Å². The number of aliphatic hydroxyl groups excluding tert-OH is 1. The number of carbonyl (C=O) groups is 1. The summed E-state index contributed by atoms with van der Waals surface area (Å²) in [6.07, 6.45) is 5.70. The molecule has 1 unspecified atom stereocenters. The number of rotatable bonds is 2. The molecule has 0 aromatic rings. The lowest BCUT2D eigenvalue weighted by Gasteiger charge is -2.31. The first-order valence-corrected chi connectivity index (χ1v) is 6.18. The summed E-state index contributed by atoms with van der Waals surface area (Å²) in [5.74, 6) is 0.0618. The lowest BCUT2D eigenvalue weighted by atomic mass is 10.1. The standard InChI is InChI=1S/C11H11IN2O3/c1-2-17-11(16)8-5-13-9-4-3-7(12)6-14(9)10(8)15/h3-6,10,15H,2H2,1H3. The van der Waals surface area contributed by atoms with Gasteiger partial charge in [0.05, 0.1) is 6.61 Å². The van der Waals surface area contributed by atoms with Crippen molar-refractivity contribution in [1.29, 1.82) is 0 Å². The van der Waals surface area contributed by atoms with Crippen molar-refractivity contribution >= 4 is 34.4 Å². The first kappa shape index (κ1) is 12.3. The van der Waals surface area contributed by atoms with Gasteiger partial charge in [-0.1, -0.05) is 0 Å². The zero-order chi connectivity index (χ0) is 12.4. The van der Waals surface area contributed by atoms with Crippen LogP contribution in [0, 0.1) is 0 Å². The summed E-state index contributed by atoms with van der Waals surface area (Å²) in [7, 11) is 0. The van der Waals surface area contributed by atoms with Crippen molar-refractivity contribution in [3.63, 3.8) is 0 Å². The van der Waals surface area contributed by atoms with Crippen LogP contribution in [0.2, 0.25) is 0 Å². The normalized spacial score (nSPS) is 22.4. The van der Waals surface area contributed by atoms with Crippen LogP contribution in [0.5, 0.6) is 0 Å². The van der Waals surface area contributed by atoms with E-state index < -0.39 is 12.2 Å². The number of amidine groups is 1. The second-order valence-corrected chi connectivity index (χ2v) is 4.67. The van der Waals surface area contributed by atoms with Crippen molar-refractivity contribution in [2.45, 2.75) is 13.2 Å². The Morgan fingerprint density at radius 2 is 2.41 bits per heavy atom. The fraction of sp³-hybridized carbons (Fsp3) is 0.273. The molecule has 2 aliphatic heterocycles. The summed E-state index contributed by atoms with van der Waals surface area (Å²) in [6, 6.07) is 0. The zero-order valence-corrected chi connectivity index (χ0v) is 11.3. The number of hydrogen-bond acceptors (Lipinski definition) is 5. The highest BCUT2D eigenvalue weighted by Crippen LogP contribution is 2.23. The molecule has 0 fully saturated rings. The van der Waals surface area contributed by atoms with Crippen LogP contribution in [0.25, 0.3) is 0 Å². The molecule has 0 radical (unpaired) electrons. The maximum absolute atomic E-state index is 11.6. The Morgan fingerprint density at radius 3 is 3.12 bits per heavy atom. The molecule has 6 heteroatoms. The molecule has 17 heavy (non-hydrogen) atoms. The summed E-state index contributed by atoms with van der Waals surface area (Å²) in [5, 5.41) is 10.1. The molecule has 0 bridgehead atoms. The fourth-order valence-electron chi connectivity index (χ4n) is 1.51. The quantitative estimate of drug-likeness (QED) is 0.605. The van der Waals surface area contributed by atoms with Crippen LogP contribution in [0.3, 0.4) is 0 Å². The van der Waals surface area contributed by atoms with Gasteiger partial charge in [0.1, 0.15) is 11.4 Å². The summed E-state index contributed by atoms with van der Waals surface area (Å²) in [4.78, 5) is 17.2. The highest BCUT2D eigenvalue weighted by atomic mass is 127. The number of aliphatic hydroxyl groups is 1. The van der Waals surface area contributed by atoms with Crippen molar-refractivity contribution in [2.75, 3.05) is 6.61 Å². The van der Waals surface area contributed by atoms with Gasteiger partial charge < -0.3 is 14.7 Å². The van der Waals surface area contributed by atoms with E-state index in [0.717, 1.165) is 3.58 Å². The van der Waals surface area contributed by atoms with Gasteiger partial charge in [0.25, 0.3) is 0 Å². The van der Waals surface area contributed by atoms with E-state index in [1.165, 1.54) is 11.1 Å². The lowest BCUT2D eigenvalue weighted by Crippen LogP contribution is -2.42. The molecular formula is C11H11IN2O3. The number of esters is 1. The number of allylic oxidation sites excluding steroid dienone is 2. The molecular weight excluding hydrogens is 335 g/mol. The van der Waals surface area contributed by atoms with Gasteiger partial charge in [-0.2, -0.15) is 0 Å². The zero-order valence-electron chi connectivity index (χ0n) is 9.13. The molecule has 0 saturated carbocycles. The second-order valence-electron chi connectivity index (χ2n) is 3.42. The molecule has 2 aliphatic rings. The predicted octanol–water partition coefficient (Wildman–Crippen LogP) is 1.31. The van der Waals surface area contributed by atoms with E-state index >= 15 is 0 Å². The Balaban J connectivity index is 2.28. The SMILES string of the molecule is CCOC(=O)C1=CN=C2C=CC(I)=CN2C1O. The Labute approximate surface area is 112 Å². The smallest absolute Gasteiger partial charge is 0.340 e. The summed E-state index contributed by atoms with van der Waals surface area (Å²) in [5.41, 5.74) is 0.145. The van der Waals surface area contributed by atoms with E-state index in [4.69, 9.17) is 4.74 Å². The Hall–Kier alpha value is -1.15. The molecule has 2 heterocycles. The van der Waals surface area contributed by atoms with Crippen LogP contribution < -0.4 is 0 Å². The molecule has 0 spiro atoms. The van der Waals surface area contributed by atoms with Gasteiger partial charge in [-0.15, -0.1) is 0 Å². The number of aliphatic imine (C=N–C) groups is 1. The average molecular weight is 346 g/mol. The van der Waals surface area contributed by atoms with Crippen molar-refractivity contribution in [2.24, 2.45) is 4.99 Å². The largest absolute Gasteiger partial charge is 0.462 e. The van der Waals surface area contributed by atoms with E-state index in [0.29, 0.717) is 5.84 Å². The molecule has 0 amide bonds. The van der Waals surface area contributed by atoms with E-state index in [2.05, 4.69) is 27.6 Å². The van der Waals surface area contributed by atoms with Crippen LogP contribution >= 0.6 is 22.6 Å². The van der Waals surface area contributed by atoms with Gasteiger partial charge in [0.2, 0.25) is 0 Å². The molecule has 90 valence electrons. The van der Waals surface area contributed by atoms with Gasteiger partial charge in [-0.05, 0) is 41.7 Å². The molecule has 0 aromatic heterocycles. The van der Waals surface area contributed by atoms with E-state index in [9.17, 15) is 9.90 Å². The van der Waals surface area contributed by atoms with Crippen LogP contribution in [0.1, 0.15) is 6.92 Å². The molecule has 0 aromatic carbocycles. The molecule has 0 saturated heterocycles. The maximum atomic E-state index is 11.6. The minimum atomic E-state index is -1.05. The van der Waals surface area contributed by atoms with Crippen molar-refractivity contribution in [1.82, 2.24) is 4.90 Å². The third-order valence-corrected chi connectivity index (χ3v) is 2.95. The first-order valence-electron chi connectivity index (χ1n) is 5.10. The fourth-order valence-corrected chi connectivity index (χ4v) is 1.99. The molecule has 1 N–H and O–H groups in total. The van der Waals surface area contributed by atoms with E-state index in [1.807, 2.05) is 6.08 Å². The highest BCUT2D eigenvalue weighted by Gasteiger charge is 2.30. The Bertz CT molecular complexity index is 465. The molecule has 5 nitrogen and oxygen atoms in total. The molecule has 1 atom stereocenters. The highest BCUT2D eigenvalue weighted by molar-refractivity contribution is 14.1. The number of ether oxygens (including phenoxy) is 1.